The number of nitrogens with zero attached hydrogens (tertiary/aromatic N) is 2. The minimum atomic E-state index is -3.51. The highest BCUT2D eigenvalue weighted by atomic mass is 35.5. The first-order valence-corrected chi connectivity index (χ1v) is 10.9. The Morgan fingerprint density at radius 2 is 1.90 bits per heavy atom. The van der Waals surface area contributed by atoms with Crippen LogP contribution in [0, 0.1) is 0 Å². The molecule has 1 aromatic carbocycles. The van der Waals surface area contributed by atoms with E-state index in [2.05, 4.69) is 20.0 Å². The number of pyridine rings is 2. The molecule has 3 heterocycles. The van der Waals surface area contributed by atoms with Crippen LogP contribution in [0.1, 0.15) is 13.8 Å². The van der Waals surface area contributed by atoms with Crippen LogP contribution >= 0.6 is 11.6 Å². The fourth-order valence-electron chi connectivity index (χ4n) is 3.00. The van der Waals surface area contributed by atoms with E-state index in [1.165, 1.54) is 0 Å². The minimum absolute atomic E-state index is 0.0480. The molecule has 1 amide bonds. The van der Waals surface area contributed by atoms with Crippen LogP contribution in [0.5, 0.6) is 5.75 Å². The molecule has 0 bridgehead atoms. The third-order valence-corrected chi connectivity index (χ3v) is 5.33. The molecule has 0 saturated carbocycles. The van der Waals surface area contributed by atoms with Crippen LogP contribution in [0.4, 0.5) is 11.4 Å². The van der Waals surface area contributed by atoms with E-state index in [1.807, 2.05) is 18.2 Å². The summed E-state index contributed by atoms with van der Waals surface area (Å²) in [6.07, 6.45) is 4.15. The zero-order valence-electron chi connectivity index (χ0n) is 15.8. The Labute approximate surface area is 172 Å². The van der Waals surface area contributed by atoms with E-state index in [9.17, 15) is 13.2 Å². The van der Waals surface area contributed by atoms with Gasteiger partial charge in [-0.25, -0.2) is 13.4 Å². The lowest BCUT2D eigenvalue weighted by atomic mass is 10.0. The van der Waals surface area contributed by atoms with E-state index in [0.717, 1.165) is 11.8 Å². The summed E-state index contributed by atoms with van der Waals surface area (Å²) in [6, 6.07) is 7.11. The molecule has 8 nitrogen and oxygen atoms in total. The summed E-state index contributed by atoms with van der Waals surface area (Å²) in [7, 11) is -3.51. The van der Waals surface area contributed by atoms with Crippen molar-refractivity contribution in [1.29, 1.82) is 0 Å². The molecule has 1 aliphatic heterocycles. The van der Waals surface area contributed by atoms with Gasteiger partial charge in [-0.1, -0.05) is 17.7 Å². The maximum atomic E-state index is 12.1. The third kappa shape index (κ3) is 3.70. The molecule has 0 spiro atoms. The van der Waals surface area contributed by atoms with Crippen molar-refractivity contribution in [2.75, 3.05) is 16.3 Å². The van der Waals surface area contributed by atoms with Crippen LogP contribution in [-0.2, 0) is 14.8 Å². The highest BCUT2D eigenvalue weighted by Crippen LogP contribution is 2.40. The smallest absolute Gasteiger partial charge is 0.268 e. The van der Waals surface area contributed by atoms with Gasteiger partial charge in [0.15, 0.2) is 16.5 Å². The fraction of sp³-hybridized carbons (Fsp3) is 0.211. The predicted molar refractivity (Wildman–Crippen MR) is 112 cm³/mol. The summed E-state index contributed by atoms with van der Waals surface area (Å²) in [5, 5.41) is 3.57. The molecule has 29 heavy (non-hydrogen) atoms. The third-order valence-electron chi connectivity index (χ3n) is 4.44. The van der Waals surface area contributed by atoms with Crippen molar-refractivity contribution in [3.8, 4) is 16.9 Å². The molecular weight excluding hydrogens is 416 g/mol. The normalized spacial score (nSPS) is 15.4. The van der Waals surface area contributed by atoms with Crippen molar-refractivity contribution in [3.05, 3.63) is 41.8 Å². The SMILES string of the molecule is CC1(C)Oc2c(cnc3ccc(-c4cnc(Cl)c(NS(C)(=O)=O)c4)cc23)NC1=O. The van der Waals surface area contributed by atoms with Crippen molar-refractivity contribution in [3.63, 3.8) is 0 Å². The number of ether oxygens (including phenoxy) is 1. The number of hydrogen-bond acceptors (Lipinski definition) is 6. The van der Waals surface area contributed by atoms with E-state index in [1.54, 1.807) is 32.3 Å². The Bertz CT molecular complexity index is 1270. The molecule has 2 N–H and O–H groups in total. The van der Waals surface area contributed by atoms with Crippen molar-refractivity contribution < 1.29 is 17.9 Å². The number of carbonyl (C=O) groups excluding carboxylic acids is 1. The average Bonchev–Trinajstić information content (AvgIpc) is 2.63. The van der Waals surface area contributed by atoms with Crippen molar-refractivity contribution >= 4 is 49.8 Å². The Kier molecular flexibility index (Phi) is 4.39. The van der Waals surface area contributed by atoms with Gasteiger partial charge in [-0.3, -0.25) is 14.5 Å². The topological polar surface area (TPSA) is 110 Å². The number of anilines is 2. The van der Waals surface area contributed by atoms with E-state index in [4.69, 9.17) is 16.3 Å². The maximum absolute atomic E-state index is 12.1. The molecular formula is C19H17ClN4O4S. The van der Waals surface area contributed by atoms with Crippen molar-refractivity contribution in [2.45, 2.75) is 19.4 Å². The van der Waals surface area contributed by atoms with Gasteiger partial charge in [0.25, 0.3) is 5.91 Å². The summed E-state index contributed by atoms with van der Waals surface area (Å²) >= 11 is 6.02. The summed E-state index contributed by atoms with van der Waals surface area (Å²) in [4.78, 5) is 20.6. The lowest BCUT2D eigenvalue weighted by Gasteiger charge is -2.32. The summed E-state index contributed by atoms with van der Waals surface area (Å²) in [5.74, 6) is 0.276. The van der Waals surface area contributed by atoms with Gasteiger partial charge in [0.05, 0.1) is 23.7 Å². The van der Waals surface area contributed by atoms with Gasteiger partial charge >= 0.3 is 0 Å². The van der Waals surface area contributed by atoms with Gasteiger partial charge in [0, 0.05) is 17.1 Å². The largest absolute Gasteiger partial charge is 0.475 e. The molecule has 2 aromatic heterocycles. The monoisotopic (exact) mass is 432 g/mol. The molecule has 0 unspecified atom stereocenters. The molecule has 1 aliphatic rings. The van der Waals surface area contributed by atoms with Crippen LogP contribution in [-0.4, -0.2) is 36.1 Å². The molecule has 4 rings (SSSR count). The highest BCUT2D eigenvalue weighted by Gasteiger charge is 2.36. The van der Waals surface area contributed by atoms with Gasteiger partial charge < -0.3 is 10.1 Å². The molecule has 0 saturated heterocycles. The average molecular weight is 433 g/mol. The van der Waals surface area contributed by atoms with E-state index in [0.29, 0.717) is 27.9 Å². The Morgan fingerprint density at radius 3 is 2.62 bits per heavy atom. The van der Waals surface area contributed by atoms with E-state index in [-0.39, 0.29) is 16.7 Å². The zero-order valence-corrected chi connectivity index (χ0v) is 17.4. The second kappa shape index (κ2) is 6.57. The number of aromatic nitrogens is 2. The van der Waals surface area contributed by atoms with Crippen LogP contribution in [0.25, 0.3) is 22.0 Å². The quantitative estimate of drug-likeness (QED) is 0.613. The fourth-order valence-corrected chi connectivity index (χ4v) is 3.76. The number of amides is 1. The first kappa shape index (κ1) is 19.4. The van der Waals surface area contributed by atoms with Gasteiger partial charge in [0.2, 0.25) is 10.0 Å². The number of benzene rings is 1. The minimum Gasteiger partial charge on any atom is -0.475 e. The Hall–Kier alpha value is -2.91. The number of carbonyl (C=O) groups is 1. The number of sulfonamides is 1. The second-order valence-electron chi connectivity index (χ2n) is 7.24. The summed E-state index contributed by atoms with van der Waals surface area (Å²) < 4.78 is 31.5. The predicted octanol–water partition coefficient (Wildman–Crippen LogP) is 3.43. The van der Waals surface area contributed by atoms with Gasteiger partial charge in [-0.15, -0.1) is 0 Å². The van der Waals surface area contributed by atoms with Crippen LogP contribution in [0.3, 0.4) is 0 Å². The highest BCUT2D eigenvalue weighted by molar-refractivity contribution is 7.92. The Balaban J connectivity index is 1.85. The molecule has 0 radical (unpaired) electrons. The van der Waals surface area contributed by atoms with Gasteiger partial charge in [-0.2, -0.15) is 0 Å². The maximum Gasteiger partial charge on any atom is 0.268 e. The molecule has 0 fully saturated rings. The molecule has 3 aromatic rings. The van der Waals surface area contributed by atoms with Crippen LogP contribution in [0.2, 0.25) is 5.15 Å². The lowest BCUT2D eigenvalue weighted by molar-refractivity contribution is -0.129. The molecule has 150 valence electrons. The number of nitrogens with one attached hydrogen (secondary N) is 2. The first-order chi connectivity index (χ1) is 13.5. The van der Waals surface area contributed by atoms with Crippen molar-refractivity contribution in [1.82, 2.24) is 9.97 Å². The zero-order chi connectivity index (χ0) is 21.0. The summed E-state index contributed by atoms with van der Waals surface area (Å²) in [5.41, 5.74) is 1.75. The van der Waals surface area contributed by atoms with Crippen LogP contribution < -0.4 is 14.8 Å². The van der Waals surface area contributed by atoms with Gasteiger partial charge in [-0.05, 0) is 37.6 Å². The van der Waals surface area contributed by atoms with Crippen LogP contribution in [0.15, 0.2) is 36.7 Å². The molecule has 10 heteroatoms. The Morgan fingerprint density at radius 1 is 1.14 bits per heavy atom. The first-order valence-electron chi connectivity index (χ1n) is 8.60. The standard InChI is InChI=1S/C19H17ClN4O4S/c1-19(2)18(25)23-15-9-21-13-5-4-10(6-12(13)16(15)28-19)11-7-14(17(20)22-8-11)24-29(3,26)27/h4-9,24H,1-3H3,(H,23,25). The molecule has 0 atom stereocenters. The van der Waals surface area contributed by atoms with Gasteiger partial charge in [0.1, 0.15) is 5.69 Å². The second-order valence-corrected chi connectivity index (χ2v) is 9.34. The number of halogens is 1. The lowest BCUT2D eigenvalue weighted by Crippen LogP contribution is -2.45. The van der Waals surface area contributed by atoms with E-state index >= 15 is 0 Å². The number of hydrogen-bond donors (Lipinski definition) is 2. The number of rotatable bonds is 3. The van der Waals surface area contributed by atoms with E-state index < -0.39 is 15.6 Å². The number of fused-ring (bicyclic) bond motifs is 3. The van der Waals surface area contributed by atoms with Crippen molar-refractivity contribution in [2.24, 2.45) is 0 Å². The summed E-state index contributed by atoms with van der Waals surface area (Å²) in [6.45, 7) is 3.38. The molecule has 0 aliphatic carbocycles.